The molecule has 27 heavy (non-hydrogen) atoms. The Kier molecular flexibility index (Phi) is 7.66. The number of ether oxygens (including phenoxy) is 1. The Hall–Kier alpha value is -1.92. The van der Waals surface area contributed by atoms with Crippen LogP contribution in [0.2, 0.25) is 0 Å². The molecule has 1 aliphatic rings. The summed E-state index contributed by atoms with van der Waals surface area (Å²) >= 11 is 3.89. The molecule has 0 atom stereocenters. The summed E-state index contributed by atoms with van der Waals surface area (Å²) in [5.41, 5.74) is 2.85. The third-order valence-electron chi connectivity index (χ3n) is 4.16. The Balaban J connectivity index is 1.39. The van der Waals surface area contributed by atoms with Crippen molar-refractivity contribution in [2.24, 2.45) is 0 Å². The van der Waals surface area contributed by atoms with Crippen LogP contribution in [0.25, 0.3) is 0 Å². The van der Waals surface area contributed by atoms with Gasteiger partial charge in [-0.3, -0.25) is 4.79 Å². The Morgan fingerprint density at radius 1 is 1.00 bits per heavy atom. The van der Waals surface area contributed by atoms with Gasteiger partial charge >= 0.3 is 5.97 Å². The van der Waals surface area contributed by atoms with Gasteiger partial charge in [-0.1, -0.05) is 42.5 Å². The van der Waals surface area contributed by atoms with Crippen molar-refractivity contribution in [3.8, 4) is 0 Å². The van der Waals surface area contributed by atoms with Crippen molar-refractivity contribution in [2.45, 2.75) is 17.4 Å². The summed E-state index contributed by atoms with van der Waals surface area (Å²) < 4.78 is 5.56. The molecule has 1 N–H and O–H groups in total. The molecule has 0 aromatic heterocycles. The zero-order chi connectivity index (χ0) is 18.9. The SMILES string of the molecule is O=C(COC(=O)c1ccc(C2SCCCS2)cc1)NCCc1ccccc1. The average molecular weight is 402 g/mol. The molecule has 1 amide bonds. The van der Waals surface area contributed by atoms with Gasteiger partial charge in [-0.05, 0) is 47.6 Å². The van der Waals surface area contributed by atoms with Crippen molar-refractivity contribution >= 4 is 35.4 Å². The fourth-order valence-electron chi connectivity index (χ4n) is 2.71. The molecule has 6 heteroatoms. The van der Waals surface area contributed by atoms with Gasteiger partial charge in [0.2, 0.25) is 0 Å². The van der Waals surface area contributed by atoms with Crippen LogP contribution < -0.4 is 5.32 Å². The molecule has 1 aliphatic heterocycles. The van der Waals surface area contributed by atoms with E-state index in [0.717, 1.165) is 12.0 Å². The van der Waals surface area contributed by atoms with Crippen LogP contribution in [0.15, 0.2) is 54.6 Å². The van der Waals surface area contributed by atoms with Crippen LogP contribution in [0, 0.1) is 0 Å². The molecule has 1 saturated heterocycles. The number of esters is 1. The van der Waals surface area contributed by atoms with Gasteiger partial charge < -0.3 is 10.1 Å². The molecule has 3 rings (SSSR count). The molecule has 2 aromatic rings. The first-order chi connectivity index (χ1) is 13.2. The molecular weight excluding hydrogens is 378 g/mol. The molecule has 0 unspecified atom stereocenters. The number of nitrogens with one attached hydrogen (secondary N) is 1. The van der Waals surface area contributed by atoms with Crippen LogP contribution in [0.5, 0.6) is 0 Å². The van der Waals surface area contributed by atoms with Crippen LogP contribution in [0.1, 0.15) is 32.5 Å². The van der Waals surface area contributed by atoms with E-state index >= 15 is 0 Å². The van der Waals surface area contributed by atoms with Gasteiger partial charge in [0, 0.05) is 6.54 Å². The summed E-state index contributed by atoms with van der Waals surface area (Å²) in [7, 11) is 0. The Morgan fingerprint density at radius 3 is 2.41 bits per heavy atom. The maximum absolute atomic E-state index is 12.1. The van der Waals surface area contributed by atoms with E-state index in [1.54, 1.807) is 12.1 Å². The van der Waals surface area contributed by atoms with Gasteiger partial charge in [0.25, 0.3) is 5.91 Å². The van der Waals surface area contributed by atoms with Crippen LogP contribution in [-0.4, -0.2) is 36.5 Å². The molecule has 0 aliphatic carbocycles. The normalized spacial score (nSPS) is 14.5. The first kappa shape index (κ1) is 19.8. The minimum Gasteiger partial charge on any atom is -0.452 e. The van der Waals surface area contributed by atoms with Gasteiger partial charge in [0.1, 0.15) is 0 Å². The van der Waals surface area contributed by atoms with E-state index in [0.29, 0.717) is 16.7 Å². The maximum Gasteiger partial charge on any atom is 0.338 e. The Morgan fingerprint density at radius 2 is 1.70 bits per heavy atom. The smallest absolute Gasteiger partial charge is 0.338 e. The van der Waals surface area contributed by atoms with Crippen LogP contribution in [0.4, 0.5) is 0 Å². The highest BCUT2D eigenvalue weighted by Gasteiger charge is 2.17. The number of hydrogen-bond donors (Lipinski definition) is 1. The van der Waals surface area contributed by atoms with Gasteiger partial charge in [-0.2, -0.15) is 0 Å². The Bertz CT molecular complexity index is 744. The topological polar surface area (TPSA) is 55.4 Å². The summed E-state index contributed by atoms with van der Waals surface area (Å²) in [6, 6.07) is 17.4. The van der Waals surface area contributed by atoms with E-state index in [1.165, 1.54) is 23.5 Å². The quantitative estimate of drug-likeness (QED) is 0.709. The van der Waals surface area contributed by atoms with Crippen molar-refractivity contribution in [3.05, 3.63) is 71.3 Å². The van der Waals surface area contributed by atoms with Crippen molar-refractivity contribution in [1.29, 1.82) is 0 Å². The average Bonchev–Trinajstić information content (AvgIpc) is 2.73. The minimum atomic E-state index is -0.469. The lowest BCUT2D eigenvalue weighted by Crippen LogP contribution is -2.30. The van der Waals surface area contributed by atoms with Gasteiger partial charge in [0.05, 0.1) is 10.1 Å². The van der Waals surface area contributed by atoms with E-state index in [2.05, 4.69) is 5.32 Å². The molecule has 1 heterocycles. The lowest BCUT2D eigenvalue weighted by Gasteiger charge is -2.21. The molecule has 0 spiro atoms. The van der Waals surface area contributed by atoms with Crippen LogP contribution in [-0.2, 0) is 16.0 Å². The second-order valence-corrected chi connectivity index (χ2v) is 8.94. The number of hydrogen-bond acceptors (Lipinski definition) is 5. The highest BCUT2D eigenvalue weighted by atomic mass is 32.2. The molecule has 0 radical (unpaired) electrons. The number of thioether (sulfide) groups is 2. The third-order valence-corrected chi connectivity index (χ3v) is 7.17. The van der Waals surface area contributed by atoms with Crippen molar-refractivity contribution in [3.63, 3.8) is 0 Å². The fourth-order valence-corrected chi connectivity index (χ4v) is 5.61. The largest absolute Gasteiger partial charge is 0.452 e. The van der Waals surface area contributed by atoms with Crippen molar-refractivity contribution in [2.75, 3.05) is 24.7 Å². The molecule has 142 valence electrons. The highest BCUT2D eigenvalue weighted by molar-refractivity contribution is 8.16. The van der Waals surface area contributed by atoms with Crippen molar-refractivity contribution < 1.29 is 14.3 Å². The summed E-state index contributed by atoms with van der Waals surface area (Å²) in [5, 5.41) is 2.77. The molecule has 4 nitrogen and oxygen atoms in total. The monoisotopic (exact) mass is 401 g/mol. The van der Waals surface area contributed by atoms with E-state index in [1.807, 2.05) is 66.0 Å². The molecule has 1 fully saturated rings. The fraction of sp³-hybridized carbons (Fsp3) is 0.333. The predicted octanol–water partition coefficient (Wildman–Crippen LogP) is 4.07. The summed E-state index contributed by atoms with van der Waals surface area (Å²) in [6.45, 7) is 0.259. The van der Waals surface area contributed by atoms with Gasteiger partial charge in [0.15, 0.2) is 6.61 Å². The number of benzene rings is 2. The predicted molar refractivity (Wildman–Crippen MR) is 112 cm³/mol. The minimum absolute atomic E-state index is 0.260. The zero-order valence-corrected chi connectivity index (χ0v) is 16.7. The highest BCUT2D eigenvalue weighted by Crippen LogP contribution is 2.43. The number of rotatable bonds is 7. The lowest BCUT2D eigenvalue weighted by atomic mass is 10.1. The van der Waals surface area contributed by atoms with Gasteiger partial charge in [-0.25, -0.2) is 4.79 Å². The summed E-state index contributed by atoms with van der Waals surface area (Å²) in [4.78, 5) is 24.0. The van der Waals surface area contributed by atoms with E-state index in [4.69, 9.17) is 4.74 Å². The maximum atomic E-state index is 12.1. The second kappa shape index (κ2) is 10.4. The van der Waals surface area contributed by atoms with E-state index in [9.17, 15) is 9.59 Å². The van der Waals surface area contributed by atoms with Crippen LogP contribution >= 0.6 is 23.5 Å². The molecule has 0 saturated carbocycles. The molecule has 0 bridgehead atoms. The van der Waals surface area contributed by atoms with E-state index < -0.39 is 5.97 Å². The zero-order valence-electron chi connectivity index (χ0n) is 15.1. The number of carbonyl (C=O) groups excluding carboxylic acids is 2. The van der Waals surface area contributed by atoms with Crippen LogP contribution in [0.3, 0.4) is 0 Å². The summed E-state index contributed by atoms with van der Waals surface area (Å²) in [5.74, 6) is 1.61. The first-order valence-corrected chi connectivity index (χ1v) is 11.1. The number of amides is 1. The second-order valence-electron chi connectivity index (χ2n) is 6.21. The van der Waals surface area contributed by atoms with Crippen molar-refractivity contribution in [1.82, 2.24) is 5.32 Å². The summed E-state index contributed by atoms with van der Waals surface area (Å²) in [6.07, 6.45) is 2.00. The molecule has 2 aromatic carbocycles. The lowest BCUT2D eigenvalue weighted by molar-refractivity contribution is -0.124. The van der Waals surface area contributed by atoms with E-state index in [-0.39, 0.29) is 12.5 Å². The number of carbonyl (C=O) groups is 2. The molecular formula is C21H23NO3S2. The standard InChI is InChI=1S/C21H23NO3S2/c23-19(22-12-11-16-5-2-1-3-6-16)15-25-20(24)17-7-9-18(10-8-17)21-26-13-4-14-27-21/h1-3,5-10,21H,4,11-15H2,(H,22,23). The first-order valence-electron chi connectivity index (χ1n) is 9.03. The third kappa shape index (κ3) is 6.33. The van der Waals surface area contributed by atoms with Gasteiger partial charge in [-0.15, -0.1) is 23.5 Å². The Labute approximate surface area is 168 Å².